The van der Waals surface area contributed by atoms with Gasteiger partial charge in [0.05, 0.1) is 11.5 Å². The Balaban J connectivity index is 1.65. The first kappa shape index (κ1) is 29.2. The molecular formula is C29H31ClN2O7S. The van der Waals surface area contributed by atoms with Gasteiger partial charge in [-0.2, -0.15) is 0 Å². The van der Waals surface area contributed by atoms with Gasteiger partial charge in [-0.05, 0) is 67.6 Å². The van der Waals surface area contributed by atoms with Gasteiger partial charge in [0.25, 0.3) is 0 Å². The summed E-state index contributed by atoms with van der Waals surface area (Å²) in [6.45, 7) is 2.25. The van der Waals surface area contributed by atoms with E-state index >= 15 is 0 Å². The molecule has 4 rings (SSSR count). The Morgan fingerprint density at radius 2 is 1.77 bits per heavy atom. The van der Waals surface area contributed by atoms with Crippen molar-refractivity contribution in [1.29, 1.82) is 0 Å². The molecular weight excluding hydrogens is 556 g/mol. The van der Waals surface area contributed by atoms with Crippen molar-refractivity contribution in [3.63, 3.8) is 0 Å². The SMILES string of the molecule is CCOc1ccc(NC(=O)N(CC2CCCCC2)c2cccc(-c3sc(C(=O)O)c(OCC(=O)O)c3Cl)c2)cc1. The van der Waals surface area contributed by atoms with Gasteiger partial charge in [-0.1, -0.05) is 43.0 Å². The highest BCUT2D eigenvalue weighted by Gasteiger charge is 2.27. The lowest BCUT2D eigenvalue weighted by Gasteiger charge is -2.30. The van der Waals surface area contributed by atoms with E-state index in [0.29, 0.717) is 46.6 Å². The number of halogens is 1. The first-order valence-corrected chi connectivity index (χ1v) is 14.3. The number of thiophene rings is 1. The molecule has 3 aromatic rings. The summed E-state index contributed by atoms with van der Waals surface area (Å²) in [6, 6.07) is 14.0. The van der Waals surface area contributed by atoms with Crippen LogP contribution in [0.2, 0.25) is 5.02 Å². The maximum absolute atomic E-state index is 13.6. The number of aliphatic carboxylic acids is 1. The van der Waals surface area contributed by atoms with Crippen LogP contribution in [0, 0.1) is 5.92 Å². The van der Waals surface area contributed by atoms with Gasteiger partial charge in [0.15, 0.2) is 17.2 Å². The Morgan fingerprint density at radius 3 is 2.42 bits per heavy atom. The minimum atomic E-state index is -1.27. The molecule has 1 aromatic heterocycles. The van der Waals surface area contributed by atoms with Gasteiger partial charge in [-0.3, -0.25) is 4.90 Å². The summed E-state index contributed by atoms with van der Waals surface area (Å²) < 4.78 is 10.7. The van der Waals surface area contributed by atoms with Crippen LogP contribution in [0.5, 0.6) is 11.5 Å². The second kappa shape index (κ2) is 13.5. The number of hydrogen-bond donors (Lipinski definition) is 3. The molecule has 0 spiro atoms. The quantitative estimate of drug-likeness (QED) is 0.216. The molecule has 1 saturated carbocycles. The predicted molar refractivity (Wildman–Crippen MR) is 155 cm³/mol. The highest BCUT2D eigenvalue weighted by atomic mass is 35.5. The average molecular weight is 587 g/mol. The average Bonchev–Trinajstić information content (AvgIpc) is 3.28. The Bertz CT molecular complexity index is 1350. The summed E-state index contributed by atoms with van der Waals surface area (Å²) in [7, 11) is 0. The van der Waals surface area contributed by atoms with Gasteiger partial charge < -0.3 is 25.0 Å². The largest absolute Gasteiger partial charge is 0.494 e. The van der Waals surface area contributed by atoms with Crippen molar-refractivity contribution in [2.45, 2.75) is 39.0 Å². The van der Waals surface area contributed by atoms with Crippen molar-refractivity contribution in [2.75, 3.05) is 30.0 Å². The molecule has 0 unspecified atom stereocenters. The smallest absolute Gasteiger partial charge is 0.349 e. The molecule has 3 N–H and O–H groups in total. The molecule has 2 aromatic carbocycles. The molecule has 0 saturated heterocycles. The number of carboxylic acids is 2. The van der Waals surface area contributed by atoms with E-state index < -0.39 is 18.5 Å². The molecule has 2 amide bonds. The maximum Gasteiger partial charge on any atom is 0.349 e. The van der Waals surface area contributed by atoms with E-state index in [1.807, 2.05) is 13.0 Å². The third kappa shape index (κ3) is 7.25. The number of carbonyl (C=O) groups excluding carboxylic acids is 1. The molecule has 0 aliphatic heterocycles. The van der Waals surface area contributed by atoms with Gasteiger partial charge in [0.1, 0.15) is 10.8 Å². The Morgan fingerprint density at radius 1 is 1.05 bits per heavy atom. The maximum atomic E-state index is 13.6. The number of ether oxygens (including phenoxy) is 2. The van der Waals surface area contributed by atoms with Crippen molar-refractivity contribution >= 4 is 52.3 Å². The number of nitrogens with zero attached hydrogens (tertiary/aromatic N) is 1. The number of aromatic carboxylic acids is 1. The third-order valence-corrected chi connectivity index (χ3v) is 8.27. The first-order chi connectivity index (χ1) is 19.3. The van der Waals surface area contributed by atoms with Crippen LogP contribution < -0.4 is 19.7 Å². The minimum Gasteiger partial charge on any atom is -0.494 e. The standard InChI is InChI=1S/C29H31ClN2O7S/c1-2-38-22-13-11-20(12-14-22)31-29(37)32(16-18-7-4-3-5-8-18)21-10-6-9-19(15-21)26-24(30)25(39-17-23(33)34)27(40-26)28(35)36/h6,9-15,18H,2-5,7-8,16-17H2,1H3,(H,31,37)(H,33,34)(H,35,36). The highest BCUT2D eigenvalue weighted by Crippen LogP contribution is 2.46. The summed E-state index contributed by atoms with van der Waals surface area (Å²) in [5.74, 6) is -1.65. The lowest BCUT2D eigenvalue weighted by molar-refractivity contribution is -0.139. The molecule has 0 bridgehead atoms. The van der Waals surface area contributed by atoms with Gasteiger partial charge in [-0.15, -0.1) is 11.3 Å². The van der Waals surface area contributed by atoms with E-state index in [4.69, 9.17) is 26.2 Å². The zero-order valence-corrected chi connectivity index (χ0v) is 23.6. The number of hydrogen-bond acceptors (Lipinski definition) is 6. The summed E-state index contributed by atoms with van der Waals surface area (Å²) in [4.78, 5) is 38.4. The number of carboxylic acid groups (broad SMARTS) is 2. The van der Waals surface area contributed by atoms with E-state index in [1.54, 1.807) is 47.4 Å². The highest BCUT2D eigenvalue weighted by molar-refractivity contribution is 7.18. The van der Waals surface area contributed by atoms with Crippen LogP contribution in [-0.4, -0.2) is 47.9 Å². The lowest BCUT2D eigenvalue weighted by Crippen LogP contribution is -2.39. The van der Waals surface area contributed by atoms with E-state index in [0.717, 1.165) is 37.0 Å². The van der Waals surface area contributed by atoms with Crippen LogP contribution in [0.3, 0.4) is 0 Å². The number of urea groups is 1. The molecule has 1 heterocycles. The van der Waals surface area contributed by atoms with Crippen LogP contribution in [0.15, 0.2) is 48.5 Å². The van der Waals surface area contributed by atoms with Crippen LogP contribution in [0.4, 0.5) is 16.2 Å². The number of nitrogens with one attached hydrogen (secondary N) is 1. The monoisotopic (exact) mass is 586 g/mol. The molecule has 1 aliphatic carbocycles. The molecule has 0 atom stereocenters. The first-order valence-electron chi connectivity index (χ1n) is 13.1. The zero-order valence-electron chi connectivity index (χ0n) is 22.0. The fraction of sp³-hybridized carbons (Fsp3) is 0.345. The molecule has 40 heavy (non-hydrogen) atoms. The number of carbonyl (C=O) groups is 3. The van der Waals surface area contributed by atoms with E-state index in [1.165, 1.54) is 6.42 Å². The molecule has 1 aliphatic rings. The lowest BCUT2D eigenvalue weighted by atomic mass is 9.89. The topological polar surface area (TPSA) is 125 Å². The van der Waals surface area contributed by atoms with Gasteiger partial charge in [-0.25, -0.2) is 14.4 Å². The number of amides is 2. The van der Waals surface area contributed by atoms with E-state index in [2.05, 4.69) is 5.32 Å². The van der Waals surface area contributed by atoms with E-state index in [9.17, 15) is 19.5 Å². The third-order valence-electron chi connectivity index (χ3n) is 6.59. The molecule has 11 heteroatoms. The van der Waals surface area contributed by atoms with Crippen LogP contribution in [0.25, 0.3) is 10.4 Å². The normalized spacial score (nSPS) is 13.4. The van der Waals surface area contributed by atoms with Gasteiger partial charge >= 0.3 is 18.0 Å². The minimum absolute atomic E-state index is 0.0125. The number of anilines is 2. The molecule has 9 nitrogen and oxygen atoms in total. The Labute approximate surface area is 241 Å². The van der Waals surface area contributed by atoms with Crippen molar-refractivity contribution in [1.82, 2.24) is 0 Å². The Hall–Kier alpha value is -3.76. The van der Waals surface area contributed by atoms with E-state index in [-0.39, 0.29) is 21.7 Å². The van der Waals surface area contributed by atoms with Crippen molar-refractivity contribution in [3.05, 3.63) is 58.4 Å². The second-order valence-electron chi connectivity index (χ2n) is 9.44. The summed E-state index contributed by atoms with van der Waals surface area (Å²) >= 11 is 7.40. The van der Waals surface area contributed by atoms with Gasteiger partial charge in [0, 0.05) is 17.9 Å². The van der Waals surface area contributed by atoms with Crippen molar-refractivity contribution < 1.29 is 34.1 Å². The number of rotatable bonds is 11. The van der Waals surface area contributed by atoms with Gasteiger partial charge in [0.2, 0.25) is 0 Å². The zero-order chi connectivity index (χ0) is 28.6. The Kier molecular flexibility index (Phi) is 9.89. The molecule has 212 valence electrons. The molecule has 1 fully saturated rings. The second-order valence-corrected chi connectivity index (χ2v) is 10.8. The fourth-order valence-electron chi connectivity index (χ4n) is 4.73. The summed E-state index contributed by atoms with van der Waals surface area (Å²) in [6.07, 6.45) is 5.52. The fourth-order valence-corrected chi connectivity index (χ4v) is 6.13. The van der Waals surface area contributed by atoms with Crippen LogP contribution in [0.1, 0.15) is 48.7 Å². The van der Waals surface area contributed by atoms with Crippen molar-refractivity contribution in [3.8, 4) is 21.9 Å². The predicted octanol–water partition coefficient (Wildman–Crippen LogP) is 7.25. The summed E-state index contributed by atoms with van der Waals surface area (Å²) in [5, 5.41) is 21.6. The van der Waals surface area contributed by atoms with Crippen LogP contribution in [-0.2, 0) is 4.79 Å². The number of benzene rings is 2. The molecule has 0 radical (unpaired) electrons. The van der Waals surface area contributed by atoms with Crippen LogP contribution >= 0.6 is 22.9 Å². The van der Waals surface area contributed by atoms with Crippen molar-refractivity contribution in [2.24, 2.45) is 5.92 Å². The summed E-state index contributed by atoms with van der Waals surface area (Å²) in [5.41, 5.74) is 1.84.